The lowest BCUT2D eigenvalue weighted by atomic mass is 9.93. The summed E-state index contributed by atoms with van der Waals surface area (Å²) in [5.41, 5.74) is 4.95. The van der Waals surface area contributed by atoms with E-state index in [0.29, 0.717) is 6.32 Å². The van der Waals surface area contributed by atoms with Crippen molar-refractivity contribution in [3.8, 4) is 0 Å². The molecule has 0 aromatic heterocycles. The molecule has 0 aliphatic carbocycles. The summed E-state index contributed by atoms with van der Waals surface area (Å²) in [4.78, 5) is 10.3. The molecule has 0 unspecified atom stereocenters. The Bertz CT molecular complexity index is 68.0. The molecule has 0 bridgehead atoms. The first kappa shape index (κ1) is 7.04. The number of carbonyl (C=O) groups is 1. The number of thioether (sulfide) groups is 1. The Morgan fingerprint density at radius 3 is 2.71 bits per heavy atom. The molecule has 0 amide bonds. The van der Waals surface area contributed by atoms with Gasteiger partial charge in [-0.15, -0.1) is 0 Å². The number of nitrogens with two attached hydrogens (primary N) is 1. The van der Waals surface area contributed by atoms with Crippen molar-refractivity contribution in [2.75, 3.05) is 6.26 Å². The van der Waals surface area contributed by atoms with E-state index in [1.165, 1.54) is 19.2 Å². The molecule has 0 aromatic carbocycles. The summed E-state index contributed by atoms with van der Waals surface area (Å²) in [6.45, 7) is 0. The molecule has 0 heterocycles. The van der Waals surface area contributed by atoms with Crippen molar-refractivity contribution >= 4 is 24.3 Å². The van der Waals surface area contributed by atoms with Gasteiger partial charge in [-0.3, -0.25) is 4.79 Å². The molecular formula is C3H7BNOS. The Morgan fingerprint density at radius 1 is 2.00 bits per heavy atom. The summed E-state index contributed by atoms with van der Waals surface area (Å²) in [5, 5.41) is 0.113. The maximum absolute atomic E-state index is 10.3. The zero-order valence-corrected chi connectivity index (χ0v) is 4.99. The lowest BCUT2D eigenvalue weighted by molar-refractivity contribution is -0.109. The Labute approximate surface area is 48.1 Å². The number of carbonyl (C=O) groups excluding carboxylic acids is 1. The van der Waals surface area contributed by atoms with Gasteiger partial charge in [-0.2, -0.15) is 0 Å². The van der Waals surface area contributed by atoms with Gasteiger partial charge in [0.15, 0.2) is 5.12 Å². The van der Waals surface area contributed by atoms with E-state index in [0.717, 1.165) is 0 Å². The molecule has 0 saturated heterocycles. The van der Waals surface area contributed by atoms with Gasteiger partial charge in [-0.1, -0.05) is 11.8 Å². The van der Waals surface area contributed by atoms with Crippen molar-refractivity contribution < 1.29 is 4.79 Å². The Balaban J connectivity index is 3.00. The van der Waals surface area contributed by atoms with E-state index in [9.17, 15) is 4.79 Å². The van der Waals surface area contributed by atoms with E-state index in [-0.39, 0.29) is 5.12 Å². The summed E-state index contributed by atoms with van der Waals surface area (Å²) in [6, 6.07) is 0. The maximum atomic E-state index is 10.3. The molecule has 0 fully saturated rings. The summed E-state index contributed by atoms with van der Waals surface area (Å²) >= 11 is 1.20. The standard InChI is InChI=1S/C3H7BNOS/c1-7-3(6)2-4-5/h2,5H2,1H3. The van der Waals surface area contributed by atoms with Gasteiger partial charge in [-0.25, -0.2) is 0 Å². The predicted octanol–water partition coefficient (Wildman–Crippen LogP) is -0.128. The van der Waals surface area contributed by atoms with Crippen LogP contribution in [0, 0.1) is 0 Å². The molecule has 0 aromatic rings. The maximum Gasteiger partial charge on any atom is 0.211 e. The predicted molar refractivity (Wildman–Crippen MR) is 33.3 cm³/mol. The van der Waals surface area contributed by atoms with Crippen LogP contribution in [0.25, 0.3) is 0 Å². The van der Waals surface area contributed by atoms with Gasteiger partial charge >= 0.3 is 0 Å². The third-order valence-electron chi connectivity index (χ3n) is 0.512. The lowest BCUT2D eigenvalue weighted by Gasteiger charge is -1.85. The molecule has 4 heteroatoms. The minimum atomic E-state index is 0.113. The first-order valence-corrected chi connectivity index (χ1v) is 3.14. The lowest BCUT2D eigenvalue weighted by Crippen LogP contribution is -2.07. The van der Waals surface area contributed by atoms with Crippen molar-refractivity contribution in [2.45, 2.75) is 6.32 Å². The van der Waals surface area contributed by atoms with E-state index in [1.807, 2.05) is 0 Å². The van der Waals surface area contributed by atoms with Crippen LogP contribution in [0.3, 0.4) is 0 Å². The second kappa shape index (κ2) is 4.21. The van der Waals surface area contributed by atoms with Crippen molar-refractivity contribution in [2.24, 2.45) is 5.64 Å². The average molecular weight is 116 g/mol. The summed E-state index contributed by atoms with van der Waals surface area (Å²) in [6.07, 6.45) is 2.12. The third kappa shape index (κ3) is 3.89. The molecule has 0 saturated carbocycles. The van der Waals surface area contributed by atoms with Crippen LogP contribution in [0.4, 0.5) is 0 Å². The average Bonchev–Trinajstić information content (AvgIpc) is 1.68. The Hall–Kier alpha value is 0.0449. The molecule has 39 valence electrons. The molecule has 2 N–H and O–H groups in total. The van der Waals surface area contributed by atoms with Crippen LogP contribution in [0.15, 0.2) is 0 Å². The molecule has 0 atom stereocenters. The zero-order chi connectivity index (χ0) is 5.70. The summed E-state index contributed by atoms with van der Waals surface area (Å²) < 4.78 is 0. The van der Waals surface area contributed by atoms with Crippen LogP contribution in [0.2, 0.25) is 6.32 Å². The van der Waals surface area contributed by atoms with Crippen molar-refractivity contribution in [1.29, 1.82) is 0 Å². The molecule has 0 rings (SSSR count). The molecule has 0 spiro atoms. The molecular weight excluding hydrogens is 109 g/mol. The van der Waals surface area contributed by atoms with Crippen molar-refractivity contribution in [3.63, 3.8) is 0 Å². The fourth-order valence-corrected chi connectivity index (χ4v) is 0.442. The van der Waals surface area contributed by atoms with Crippen LogP contribution < -0.4 is 5.64 Å². The number of hydrogen-bond donors (Lipinski definition) is 1. The van der Waals surface area contributed by atoms with Gasteiger partial charge in [0.05, 0.1) is 0 Å². The van der Waals surface area contributed by atoms with Gasteiger partial charge in [0.1, 0.15) is 0 Å². The highest BCUT2D eigenvalue weighted by atomic mass is 32.2. The van der Waals surface area contributed by atoms with E-state index in [4.69, 9.17) is 5.64 Å². The smallest absolute Gasteiger partial charge is 0.211 e. The topological polar surface area (TPSA) is 43.1 Å². The molecule has 0 aliphatic heterocycles. The van der Waals surface area contributed by atoms with E-state index < -0.39 is 0 Å². The van der Waals surface area contributed by atoms with Crippen molar-refractivity contribution in [1.82, 2.24) is 0 Å². The Kier molecular flexibility index (Phi) is 4.24. The summed E-state index contributed by atoms with van der Waals surface area (Å²) in [5.74, 6) is 0. The van der Waals surface area contributed by atoms with Gasteiger partial charge in [0.2, 0.25) is 7.41 Å². The quantitative estimate of drug-likeness (QED) is 0.511. The third-order valence-corrected chi connectivity index (χ3v) is 1.13. The monoisotopic (exact) mass is 116 g/mol. The SMILES string of the molecule is CSC(=O)C[B]N. The highest BCUT2D eigenvalue weighted by Gasteiger charge is 1.94. The minimum absolute atomic E-state index is 0.113. The highest BCUT2D eigenvalue weighted by molar-refractivity contribution is 8.13. The largest absolute Gasteiger partial charge is 0.374 e. The Morgan fingerprint density at radius 2 is 2.57 bits per heavy atom. The van der Waals surface area contributed by atoms with Crippen LogP contribution in [-0.2, 0) is 4.79 Å². The second-order valence-electron chi connectivity index (χ2n) is 1.02. The van der Waals surface area contributed by atoms with Crippen LogP contribution in [0.1, 0.15) is 0 Å². The fourth-order valence-electron chi connectivity index (χ4n) is 0.180. The van der Waals surface area contributed by atoms with Gasteiger partial charge in [0.25, 0.3) is 0 Å². The number of hydrogen-bond acceptors (Lipinski definition) is 3. The van der Waals surface area contributed by atoms with Crippen LogP contribution >= 0.6 is 11.8 Å². The second-order valence-corrected chi connectivity index (χ2v) is 1.88. The van der Waals surface area contributed by atoms with E-state index in [2.05, 4.69) is 0 Å². The normalized spacial score (nSPS) is 8.29. The molecule has 1 radical (unpaired) electrons. The van der Waals surface area contributed by atoms with Crippen LogP contribution in [-0.4, -0.2) is 18.8 Å². The number of rotatable bonds is 2. The highest BCUT2D eigenvalue weighted by Crippen LogP contribution is 1.96. The molecule has 2 nitrogen and oxygen atoms in total. The fraction of sp³-hybridized carbons (Fsp3) is 0.667. The first-order chi connectivity index (χ1) is 3.31. The van der Waals surface area contributed by atoms with Gasteiger partial charge in [0, 0.05) is 6.32 Å². The first-order valence-electron chi connectivity index (χ1n) is 1.91. The minimum Gasteiger partial charge on any atom is -0.374 e. The van der Waals surface area contributed by atoms with Gasteiger partial charge in [-0.05, 0) is 6.26 Å². The van der Waals surface area contributed by atoms with Gasteiger partial charge < -0.3 is 5.64 Å². The molecule has 0 aliphatic rings. The van der Waals surface area contributed by atoms with E-state index >= 15 is 0 Å². The van der Waals surface area contributed by atoms with Crippen molar-refractivity contribution in [3.05, 3.63) is 0 Å². The molecule has 7 heavy (non-hydrogen) atoms. The van der Waals surface area contributed by atoms with Crippen LogP contribution in [0.5, 0.6) is 0 Å². The van der Waals surface area contributed by atoms with E-state index in [1.54, 1.807) is 6.26 Å². The zero-order valence-electron chi connectivity index (χ0n) is 4.18. The summed E-state index contributed by atoms with van der Waals surface area (Å²) in [7, 11) is 1.36.